The third kappa shape index (κ3) is 42.8. The quantitative estimate of drug-likeness (QED) is 0.0201. The maximum Gasteiger partial charge on any atom is 0.472 e. The molecule has 3 atom stereocenters. The Kier molecular flexibility index (Phi) is 41.0. The van der Waals surface area contributed by atoms with Crippen molar-refractivity contribution in [1.82, 2.24) is 5.32 Å². The predicted molar refractivity (Wildman–Crippen MR) is 253 cm³/mol. The van der Waals surface area contributed by atoms with Crippen LogP contribution in [0, 0.1) is 0 Å². The van der Waals surface area contributed by atoms with E-state index in [4.69, 9.17) is 13.8 Å². The van der Waals surface area contributed by atoms with Crippen molar-refractivity contribution < 1.29 is 47.8 Å². The third-order valence-corrected chi connectivity index (χ3v) is 10.00. The summed E-state index contributed by atoms with van der Waals surface area (Å²) in [6, 6.07) is -1.58. The van der Waals surface area contributed by atoms with Crippen LogP contribution < -0.4 is 5.32 Å². The molecule has 0 aromatic carbocycles. The maximum atomic E-state index is 12.3. The third-order valence-electron chi connectivity index (χ3n) is 9.05. The molecule has 11 nitrogen and oxygen atoms in total. The van der Waals surface area contributed by atoms with Crippen LogP contribution in [0.25, 0.3) is 0 Å². The lowest BCUT2D eigenvalue weighted by atomic mass is 10.1. The first-order chi connectivity index (χ1) is 30.1. The van der Waals surface area contributed by atoms with Crippen molar-refractivity contribution in [2.45, 2.75) is 167 Å². The molecule has 0 spiro atoms. The summed E-state index contributed by atoms with van der Waals surface area (Å²) in [6.45, 7) is 2.38. The van der Waals surface area contributed by atoms with Gasteiger partial charge in [-0.15, -0.1) is 0 Å². The summed E-state index contributed by atoms with van der Waals surface area (Å²) < 4.78 is 26.8. The molecular formula is C50H80NO10P. The molecule has 62 heavy (non-hydrogen) atoms. The van der Waals surface area contributed by atoms with Crippen molar-refractivity contribution in [3.05, 3.63) is 109 Å². The second-order valence-electron chi connectivity index (χ2n) is 14.9. The van der Waals surface area contributed by atoms with E-state index in [2.05, 4.69) is 129 Å². The summed E-state index contributed by atoms with van der Waals surface area (Å²) in [5.41, 5.74) is 0. The predicted octanol–water partition coefficient (Wildman–Crippen LogP) is 12.2. The van der Waals surface area contributed by atoms with Gasteiger partial charge < -0.3 is 25.2 Å². The summed E-state index contributed by atoms with van der Waals surface area (Å²) in [5.74, 6) is -2.47. The summed E-state index contributed by atoms with van der Waals surface area (Å²) >= 11 is 0. The van der Waals surface area contributed by atoms with Crippen LogP contribution in [0.1, 0.15) is 155 Å². The Bertz CT molecular complexity index is 1460. The summed E-state index contributed by atoms with van der Waals surface area (Å²) in [7, 11) is -4.78. The van der Waals surface area contributed by atoms with Crippen molar-refractivity contribution in [3.8, 4) is 0 Å². The van der Waals surface area contributed by atoms with Crippen molar-refractivity contribution in [2.24, 2.45) is 0 Å². The number of ether oxygens (including phenoxy) is 1. The SMILES string of the molecule is CC/C=C\C/C=C\C/C=C\C/C=C\C/C=C\CCCCCC(=O)OCC(O)COP(=O)(O)OCC(NC(=O)CCCCC/C=C\C/C=C\C/C=C\C/C=C\CCCCC)C(=O)O. The molecule has 0 heterocycles. The van der Waals surface area contributed by atoms with Gasteiger partial charge in [-0.1, -0.05) is 149 Å². The zero-order valence-electron chi connectivity index (χ0n) is 37.9. The number of aliphatic hydroxyl groups is 1. The minimum Gasteiger partial charge on any atom is -0.480 e. The molecular weight excluding hydrogens is 806 g/mol. The number of aliphatic hydroxyl groups excluding tert-OH is 1. The highest BCUT2D eigenvalue weighted by Crippen LogP contribution is 2.43. The molecule has 0 aliphatic carbocycles. The van der Waals surface area contributed by atoms with Gasteiger partial charge in [0.2, 0.25) is 5.91 Å². The molecule has 0 aliphatic rings. The van der Waals surface area contributed by atoms with Crippen molar-refractivity contribution in [2.75, 3.05) is 19.8 Å². The highest BCUT2D eigenvalue weighted by molar-refractivity contribution is 7.47. The van der Waals surface area contributed by atoms with Gasteiger partial charge in [-0.2, -0.15) is 0 Å². The molecule has 0 radical (unpaired) electrons. The van der Waals surface area contributed by atoms with Crippen molar-refractivity contribution in [3.63, 3.8) is 0 Å². The number of carboxylic acids is 1. The number of amides is 1. The fourth-order valence-electron chi connectivity index (χ4n) is 5.50. The molecule has 0 aliphatic heterocycles. The molecule has 0 aromatic rings. The Morgan fingerprint density at radius 2 is 0.935 bits per heavy atom. The molecule has 350 valence electrons. The minimum atomic E-state index is -4.78. The largest absolute Gasteiger partial charge is 0.480 e. The Morgan fingerprint density at radius 3 is 1.37 bits per heavy atom. The molecule has 3 unspecified atom stereocenters. The van der Waals surface area contributed by atoms with Crippen LogP contribution in [0.15, 0.2) is 109 Å². The Hall–Kier alpha value is -3.86. The van der Waals surface area contributed by atoms with Gasteiger partial charge in [0.05, 0.1) is 13.2 Å². The van der Waals surface area contributed by atoms with Crippen LogP contribution in [0.3, 0.4) is 0 Å². The molecule has 0 fully saturated rings. The van der Waals surface area contributed by atoms with Crippen LogP contribution >= 0.6 is 7.82 Å². The van der Waals surface area contributed by atoms with Gasteiger partial charge >= 0.3 is 19.8 Å². The maximum absolute atomic E-state index is 12.3. The molecule has 0 rings (SSSR count). The summed E-state index contributed by atoms with van der Waals surface area (Å²) in [4.78, 5) is 46.0. The van der Waals surface area contributed by atoms with Gasteiger partial charge in [0.25, 0.3) is 0 Å². The minimum absolute atomic E-state index is 0.0989. The summed E-state index contributed by atoms with van der Waals surface area (Å²) in [6.07, 6.45) is 56.8. The smallest absolute Gasteiger partial charge is 0.472 e. The van der Waals surface area contributed by atoms with Gasteiger partial charge in [-0.3, -0.25) is 18.6 Å². The Balaban J connectivity index is 4.02. The average molecular weight is 886 g/mol. The van der Waals surface area contributed by atoms with E-state index in [0.29, 0.717) is 12.8 Å². The first-order valence-electron chi connectivity index (χ1n) is 22.9. The Labute approximate surface area is 374 Å². The Morgan fingerprint density at radius 1 is 0.532 bits per heavy atom. The van der Waals surface area contributed by atoms with Crippen molar-refractivity contribution in [1.29, 1.82) is 0 Å². The molecule has 1 amide bonds. The van der Waals surface area contributed by atoms with Gasteiger partial charge in [0.15, 0.2) is 6.04 Å². The van der Waals surface area contributed by atoms with E-state index < -0.39 is 57.6 Å². The van der Waals surface area contributed by atoms with Crippen LogP contribution in [-0.2, 0) is 32.7 Å². The second-order valence-corrected chi connectivity index (χ2v) is 16.3. The van der Waals surface area contributed by atoms with Gasteiger partial charge in [0.1, 0.15) is 12.7 Å². The number of carboxylic acid groups (broad SMARTS) is 1. The van der Waals surface area contributed by atoms with E-state index in [1.807, 2.05) is 0 Å². The second kappa shape index (κ2) is 43.8. The summed E-state index contributed by atoms with van der Waals surface area (Å²) in [5, 5.41) is 21.8. The van der Waals surface area contributed by atoms with E-state index in [9.17, 15) is 34.1 Å². The topological polar surface area (TPSA) is 169 Å². The first kappa shape index (κ1) is 58.1. The van der Waals surface area contributed by atoms with E-state index in [1.165, 1.54) is 19.3 Å². The number of phosphoric acid groups is 1. The molecule has 0 bridgehead atoms. The van der Waals surface area contributed by atoms with Gasteiger partial charge in [-0.25, -0.2) is 9.36 Å². The number of hydrogen-bond donors (Lipinski definition) is 4. The van der Waals surface area contributed by atoms with Crippen LogP contribution in [0.2, 0.25) is 0 Å². The number of allylic oxidation sites excluding steroid dienone is 18. The van der Waals surface area contributed by atoms with E-state index in [-0.39, 0.29) is 12.8 Å². The fourth-order valence-corrected chi connectivity index (χ4v) is 6.27. The lowest BCUT2D eigenvalue weighted by molar-refractivity contribution is -0.147. The van der Waals surface area contributed by atoms with Crippen LogP contribution in [0.5, 0.6) is 0 Å². The van der Waals surface area contributed by atoms with Crippen LogP contribution in [-0.4, -0.2) is 64.9 Å². The highest BCUT2D eigenvalue weighted by atomic mass is 31.2. The molecule has 0 aromatic heterocycles. The highest BCUT2D eigenvalue weighted by Gasteiger charge is 2.28. The number of unbranched alkanes of at least 4 members (excludes halogenated alkanes) is 9. The number of nitrogens with one attached hydrogen (secondary N) is 1. The molecule has 4 N–H and O–H groups in total. The number of rotatable bonds is 41. The number of esters is 1. The zero-order chi connectivity index (χ0) is 45.6. The lowest BCUT2D eigenvalue weighted by Crippen LogP contribution is -2.43. The van der Waals surface area contributed by atoms with Crippen molar-refractivity contribution >= 4 is 25.7 Å². The number of aliphatic carboxylic acids is 1. The number of carbonyl (C=O) groups is 3. The number of carbonyl (C=O) groups excluding carboxylic acids is 2. The van der Waals surface area contributed by atoms with E-state index in [0.717, 1.165) is 96.3 Å². The lowest BCUT2D eigenvalue weighted by Gasteiger charge is -2.18. The number of phosphoric ester groups is 1. The number of hydrogen-bond acceptors (Lipinski definition) is 8. The molecule has 12 heteroatoms. The first-order valence-corrected chi connectivity index (χ1v) is 24.4. The monoisotopic (exact) mass is 886 g/mol. The molecule has 0 saturated carbocycles. The van der Waals surface area contributed by atoms with Gasteiger partial charge in [0, 0.05) is 12.8 Å². The average Bonchev–Trinajstić information content (AvgIpc) is 3.25. The standard InChI is InChI=1S/C50H80NO10P/c1-3-5-7-9-11-13-15-17-19-21-23-25-27-29-31-33-35-37-39-41-48(53)51-47(50(55)56)45-61-62(57,58)60-44-46(52)43-59-49(54)42-40-38-36-34-32-30-28-26-24-22-20-18-16-14-12-10-8-6-4-2/h6,8,11-14,17-20,23-26,29-32,46-47,52H,3-5,7,9-10,15-16,21-22,27-28,33-45H2,1-2H3,(H,51,53)(H,55,56)(H,57,58)/b8-6-,13-11-,14-12-,19-17-,20-18-,25-23-,26-24-,31-29-,32-30-. The van der Waals surface area contributed by atoms with E-state index >= 15 is 0 Å². The van der Waals surface area contributed by atoms with E-state index in [1.54, 1.807) is 0 Å². The molecule has 0 saturated heterocycles. The fraction of sp³-hybridized carbons (Fsp3) is 0.580. The van der Waals surface area contributed by atoms with Crippen LogP contribution in [0.4, 0.5) is 0 Å². The normalized spacial score (nSPS) is 14.6. The van der Waals surface area contributed by atoms with Gasteiger partial charge in [-0.05, 0) is 103 Å². The zero-order valence-corrected chi connectivity index (χ0v) is 38.8.